The van der Waals surface area contributed by atoms with Crippen molar-refractivity contribution in [3.63, 3.8) is 0 Å². The third-order valence-corrected chi connectivity index (χ3v) is 6.54. The normalized spacial score (nSPS) is 14.3. The molecule has 2 N–H and O–H groups in total. The Hall–Kier alpha value is -2.10. The van der Waals surface area contributed by atoms with Gasteiger partial charge < -0.3 is 9.66 Å². The molecule has 2 aromatic rings. The number of alkyl halides is 3. The van der Waals surface area contributed by atoms with Gasteiger partial charge in [0.25, 0.3) is 0 Å². The summed E-state index contributed by atoms with van der Waals surface area (Å²) in [5, 5.41) is 9.30. The van der Waals surface area contributed by atoms with Crippen molar-refractivity contribution in [2.45, 2.75) is 64.9 Å². The summed E-state index contributed by atoms with van der Waals surface area (Å²) in [6.07, 6.45) is -5.75. The van der Waals surface area contributed by atoms with E-state index in [1.807, 2.05) is 6.92 Å². The van der Waals surface area contributed by atoms with E-state index >= 15 is 4.39 Å². The van der Waals surface area contributed by atoms with Crippen molar-refractivity contribution < 1.29 is 32.0 Å². The molecule has 0 aliphatic rings. The van der Waals surface area contributed by atoms with E-state index in [4.69, 9.17) is 0 Å². The van der Waals surface area contributed by atoms with Gasteiger partial charge in [-0.2, -0.15) is 13.2 Å². The van der Waals surface area contributed by atoms with Crippen LogP contribution in [0.1, 0.15) is 61.1 Å². The summed E-state index contributed by atoms with van der Waals surface area (Å²) in [6, 6.07) is 4.14. The van der Waals surface area contributed by atoms with Gasteiger partial charge >= 0.3 is 12.1 Å². The van der Waals surface area contributed by atoms with Crippen molar-refractivity contribution in [3.8, 4) is 11.1 Å². The van der Waals surface area contributed by atoms with E-state index in [1.54, 1.807) is 46.8 Å². The summed E-state index contributed by atoms with van der Waals surface area (Å²) >= 11 is -1.84. The van der Waals surface area contributed by atoms with Gasteiger partial charge in [-0.15, -0.1) is 4.72 Å². The zero-order valence-corrected chi connectivity index (χ0v) is 19.6. The van der Waals surface area contributed by atoms with Crippen molar-refractivity contribution in [1.29, 1.82) is 0 Å². The lowest BCUT2D eigenvalue weighted by atomic mass is 9.89. The lowest BCUT2D eigenvalue weighted by Gasteiger charge is -2.28. The van der Waals surface area contributed by atoms with Crippen LogP contribution in [0.5, 0.6) is 0 Å². The molecule has 9 heteroatoms. The van der Waals surface area contributed by atoms with E-state index in [-0.39, 0.29) is 5.56 Å². The van der Waals surface area contributed by atoms with Gasteiger partial charge in [0.2, 0.25) is 0 Å². The third-order valence-electron chi connectivity index (χ3n) is 4.93. The van der Waals surface area contributed by atoms with E-state index in [0.717, 1.165) is 11.6 Å². The molecule has 0 spiro atoms. The number of nitrogens with one attached hydrogen (secondary N) is 1. The predicted molar refractivity (Wildman–Crippen MR) is 117 cm³/mol. The molecule has 0 radical (unpaired) electrons. The van der Waals surface area contributed by atoms with Gasteiger partial charge in [-0.3, -0.25) is 4.79 Å². The maximum Gasteiger partial charge on any atom is 0.419 e. The van der Waals surface area contributed by atoms with Crippen LogP contribution in [0.2, 0.25) is 0 Å². The summed E-state index contributed by atoms with van der Waals surface area (Å²) < 4.78 is 70.6. The van der Waals surface area contributed by atoms with E-state index in [9.17, 15) is 27.6 Å². The van der Waals surface area contributed by atoms with Crippen molar-refractivity contribution in [2.75, 3.05) is 0 Å². The van der Waals surface area contributed by atoms with Gasteiger partial charge in [0.1, 0.15) is 10.6 Å². The Balaban J connectivity index is 2.80. The molecular formula is C23H27F4NO3S. The molecule has 2 aromatic carbocycles. The number of carboxylic acids is 1. The number of hydrogen-bond acceptors (Lipinski definition) is 3. The molecule has 0 amide bonds. The van der Waals surface area contributed by atoms with E-state index in [2.05, 4.69) is 4.72 Å². The van der Waals surface area contributed by atoms with Crippen LogP contribution in [-0.2, 0) is 22.3 Å². The highest BCUT2D eigenvalue weighted by Gasteiger charge is 2.39. The first kappa shape index (κ1) is 26.2. The van der Waals surface area contributed by atoms with E-state index < -0.39 is 57.7 Å². The van der Waals surface area contributed by atoms with Gasteiger partial charge in [0, 0.05) is 16.9 Å². The van der Waals surface area contributed by atoms with Crippen LogP contribution < -0.4 is 4.72 Å². The topological polar surface area (TPSA) is 72.4 Å². The molecule has 176 valence electrons. The fraction of sp³-hybridized carbons (Fsp3) is 0.435. The highest BCUT2D eigenvalue weighted by atomic mass is 32.2. The monoisotopic (exact) mass is 473 g/mol. The highest BCUT2D eigenvalue weighted by molar-refractivity contribution is 7.90. The number of rotatable bonds is 6. The molecule has 0 aliphatic heterocycles. The molecule has 4 nitrogen and oxygen atoms in total. The Morgan fingerprint density at radius 1 is 1.09 bits per heavy atom. The van der Waals surface area contributed by atoms with Crippen molar-refractivity contribution >= 4 is 17.3 Å². The van der Waals surface area contributed by atoms with Crippen LogP contribution in [0.25, 0.3) is 11.1 Å². The Bertz CT molecular complexity index is 993. The average molecular weight is 474 g/mol. The van der Waals surface area contributed by atoms with E-state index in [1.165, 1.54) is 6.07 Å². The number of aliphatic carboxylic acids is 1. The molecule has 0 saturated heterocycles. The molecule has 2 rings (SSSR count). The summed E-state index contributed by atoms with van der Waals surface area (Å²) in [5.41, 5.74) is 0.963. The molecule has 32 heavy (non-hydrogen) atoms. The van der Waals surface area contributed by atoms with Gasteiger partial charge in [0.15, 0.2) is 0 Å². The molecule has 0 fully saturated rings. The van der Waals surface area contributed by atoms with Crippen LogP contribution in [0.4, 0.5) is 17.6 Å². The molecule has 0 bridgehead atoms. The molecule has 1 unspecified atom stereocenters. The standard InChI is InChI=1S/C23H27F4NO3S/c1-12-7-13(2)20(14(3)8-12)15-9-16(21(24)17(10-15)23(25,26)27)18(11-19(29)30)28-32(31)22(4,5)6/h7-10,18,28H,11H2,1-6H3,(H,29,30)/t18?,32-/m1/s1. The summed E-state index contributed by atoms with van der Waals surface area (Å²) in [7, 11) is 0. The first-order valence-electron chi connectivity index (χ1n) is 9.91. The van der Waals surface area contributed by atoms with Gasteiger partial charge in [-0.1, -0.05) is 17.7 Å². The minimum Gasteiger partial charge on any atom is -0.598 e. The van der Waals surface area contributed by atoms with Crippen LogP contribution in [0.3, 0.4) is 0 Å². The molecule has 0 saturated carbocycles. The Morgan fingerprint density at radius 2 is 1.62 bits per heavy atom. The van der Waals surface area contributed by atoms with Crippen LogP contribution >= 0.6 is 0 Å². The first-order valence-corrected chi connectivity index (χ1v) is 11.1. The fourth-order valence-electron chi connectivity index (χ4n) is 3.58. The smallest absolute Gasteiger partial charge is 0.419 e. The minimum absolute atomic E-state index is 0.113. The number of carbonyl (C=O) groups is 1. The first-order chi connectivity index (χ1) is 14.5. The van der Waals surface area contributed by atoms with Crippen molar-refractivity contribution in [3.05, 3.63) is 57.9 Å². The van der Waals surface area contributed by atoms with Crippen molar-refractivity contribution in [1.82, 2.24) is 4.72 Å². The maximum atomic E-state index is 15.1. The number of halogens is 4. The lowest BCUT2D eigenvalue weighted by molar-refractivity contribution is -0.140. The number of aryl methyl sites for hydroxylation is 3. The van der Waals surface area contributed by atoms with E-state index in [0.29, 0.717) is 16.7 Å². The molecule has 0 heterocycles. The largest absolute Gasteiger partial charge is 0.598 e. The maximum absolute atomic E-state index is 15.1. The second kappa shape index (κ2) is 9.41. The van der Waals surface area contributed by atoms with Crippen LogP contribution in [0, 0.1) is 26.6 Å². The predicted octanol–water partition coefficient (Wildman–Crippen LogP) is 6.00. The molecule has 0 aromatic heterocycles. The molecule has 0 aliphatic carbocycles. The zero-order chi connectivity index (χ0) is 24.6. The Kier molecular flexibility index (Phi) is 7.69. The van der Waals surface area contributed by atoms with Crippen LogP contribution in [-0.4, -0.2) is 20.4 Å². The average Bonchev–Trinajstić information content (AvgIpc) is 2.59. The highest BCUT2D eigenvalue weighted by Crippen LogP contribution is 2.40. The summed E-state index contributed by atoms with van der Waals surface area (Å²) in [5.74, 6) is -2.94. The molecule has 2 atom stereocenters. The fourth-order valence-corrected chi connectivity index (χ4v) is 4.40. The van der Waals surface area contributed by atoms with Gasteiger partial charge in [0.05, 0.1) is 18.0 Å². The van der Waals surface area contributed by atoms with Crippen LogP contribution in [0.15, 0.2) is 24.3 Å². The minimum atomic E-state index is -5.00. The third kappa shape index (κ3) is 6.02. The van der Waals surface area contributed by atoms with Gasteiger partial charge in [-0.05, 0) is 75.9 Å². The second-order valence-electron chi connectivity index (χ2n) is 8.85. The summed E-state index contributed by atoms with van der Waals surface area (Å²) in [4.78, 5) is 11.4. The Morgan fingerprint density at radius 3 is 2.06 bits per heavy atom. The zero-order valence-electron chi connectivity index (χ0n) is 18.8. The quantitative estimate of drug-likeness (QED) is 0.398. The Labute approximate surface area is 188 Å². The second-order valence-corrected chi connectivity index (χ2v) is 10.8. The number of hydrogen-bond donors (Lipinski definition) is 2. The van der Waals surface area contributed by atoms with Gasteiger partial charge in [-0.25, -0.2) is 4.39 Å². The summed E-state index contributed by atoms with van der Waals surface area (Å²) in [6.45, 7) is 10.2. The molecular weight excluding hydrogens is 446 g/mol. The SMILES string of the molecule is Cc1cc(C)c(-c2cc(C(CC(=O)O)N[S@+]([O-])C(C)(C)C)c(F)c(C(F)(F)F)c2)c(C)c1. The number of carboxylic acid groups (broad SMARTS) is 1. The van der Waals surface area contributed by atoms with Crippen molar-refractivity contribution in [2.24, 2.45) is 0 Å². The number of benzene rings is 2. The lowest BCUT2D eigenvalue weighted by Crippen LogP contribution is -2.42.